The van der Waals surface area contributed by atoms with Gasteiger partial charge in [-0.2, -0.15) is 0 Å². The van der Waals surface area contributed by atoms with Gasteiger partial charge in [0.15, 0.2) is 0 Å². The van der Waals surface area contributed by atoms with Gasteiger partial charge in [0.2, 0.25) is 0 Å². The van der Waals surface area contributed by atoms with Crippen LogP contribution in [0.25, 0.3) is 0 Å². The van der Waals surface area contributed by atoms with Gasteiger partial charge in [0.05, 0.1) is 5.41 Å². The highest BCUT2D eigenvalue weighted by Gasteiger charge is 2.45. The summed E-state index contributed by atoms with van der Waals surface area (Å²) < 4.78 is 12.3. The molecule has 0 aromatic rings. The molecule has 0 fully saturated rings. The van der Waals surface area contributed by atoms with E-state index in [0.717, 1.165) is 0 Å². The predicted molar refractivity (Wildman–Crippen MR) is 51.7 cm³/mol. The molecule has 0 heterocycles. The van der Waals surface area contributed by atoms with Crippen LogP contribution in [0.15, 0.2) is 0 Å². The van der Waals surface area contributed by atoms with Crippen LogP contribution in [0.5, 0.6) is 0 Å². The molecule has 0 aliphatic heterocycles. The van der Waals surface area contributed by atoms with Crippen molar-refractivity contribution in [3.05, 3.63) is 0 Å². The Morgan fingerprint density at radius 2 is 1.71 bits per heavy atom. The van der Waals surface area contributed by atoms with E-state index >= 15 is 0 Å². The molecule has 0 radical (unpaired) electrons. The quantitative estimate of drug-likeness (QED) is 0.484. The Bertz CT molecular complexity index is 181. The molecule has 0 aliphatic rings. The molecule has 0 saturated heterocycles. The highest BCUT2D eigenvalue weighted by molar-refractivity contribution is 5.82. The van der Waals surface area contributed by atoms with Crippen molar-refractivity contribution in [2.24, 2.45) is 5.41 Å². The number of amides is 1. The van der Waals surface area contributed by atoms with E-state index in [4.69, 9.17) is 5.21 Å². The first-order valence-corrected chi connectivity index (χ1v) is 4.52. The van der Waals surface area contributed by atoms with Crippen molar-refractivity contribution in [1.82, 2.24) is 5.48 Å². The second-order valence-electron chi connectivity index (χ2n) is 3.47. The Kier molecular flexibility index (Phi) is 6.68. The Morgan fingerprint density at radius 1 is 1.36 bits per heavy atom. The lowest BCUT2D eigenvalue weighted by Gasteiger charge is -2.35. The number of carbonyl (C=O) groups excluding carboxylic acids is 1. The van der Waals surface area contributed by atoms with Crippen molar-refractivity contribution in [1.29, 1.82) is 0 Å². The highest BCUT2D eigenvalue weighted by Crippen LogP contribution is 2.31. The fraction of sp³-hybridized carbons (Fsp3) is 0.889. The number of hydrogen-bond acceptors (Lipinski definition) is 3. The third-order valence-electron chi connectivity index (χ3n) is 2.28. The predicted octanol–water partition coefficient (Wildman–Crippen LogP) is 1.26. The van der Waals surface area contributed by atoms with Crippen LogP contribution in [0, 0.1) is 5.41 Å². The summed E-state index contributed by atoms with van der Waals surface area (Å²) in [5, 5.41) is 17.7. The molecule has 1 unspecified atom stereocenters. The number of alkyl halides is 1. The number of hydroxylamine groups is 1. The summed E-state index contributed by atoms with van der Waals surface area (Å²) in [4.78, 5) is 11.0. The van der Waals surface area contributed by atoms with Crippen LogP contribution in [0.1, 0.15) is 34.6 Å². The second kappa shape index (κ2) is 5.93. The largest absolute Gasteiger partial charge is 0.386 e. The zero-order chi connectivity index (χ0) is 12.0. The Hall–Kier alpha value is -0.680. The molecule has 0 spiro atoms. The van der Waals surface area contributed by atoms with E-state index in [0.29, 0.717) is 0 Å². The summed E-state index contributed by atoms with van der Waals surface area (Å²) in [5.74, 6) is -0.815. The van der Waals surface area contributed by atoms with Crippen molar-refractivity contribution >= 4 is 5.91 Å². The Morgan fingerprint density at radius 3 is 1.93 bits per heavy atom. The molecule has 86 valence electrons. The summed E-state index contributed by atoms with van der Waals surface area (Å²) in [6.07, 6.45) is 0. The monoisotopic (exact) mass is 209 g/mol. The summed E-state index contributed by atoms with van der Waals surface area (Å²) in [6.45, 7) is 6.84. The molecule has 1 atom stereocenters. The van der Waals surface area contributed by atoms with E-state index in [1.807, 2.05) is 13.8 Å². The summed E-state index contributed by atoms with van der Waals surface area (Å²) >= 11 is 0. The first kappa shape index (κ1) is 15.8. The van der Waals surface area contributed by atoms with Gasteiger partial charge in [-0.15, -0.1) is 0 Å². The lowest BCUT2D eigenvalue weighted by molar-refractivity contribution is -0.155. The Balaban J connectivity index is 0. The smallest absolute Gasteiger partial charge is 0.251 e. The van der Waals surface area contributed by atoms with Crippen molar-refractivity contribution in [3.63, 3.8) is 0 Å². The minimum Gasteiger partial charge on any atom is -0.386 e. The Labute approximate surface area is 84.1 Å². The van der Waals surface area contributed by atoms with Crippen LogP contribution in [0.4, 0.5) is 4.39 Å². The van der Waals surface area contributed by atoms with Gasteiger partial charge in [-0.25, -0.2) is 9.87 Å². The molecule has 4 nitrogen and oxygen atoms in total. The molecule has 0 aliphatic carbocycles. The molecular formula is C9H20FNO3. The SMILES string of the molecule is CC.CC(O)(CF)C(C)(C)C(=O)NO. The molecule has 0 aromatic carbocycles. The lowest BCUT2D eigenvalue weighted by Crippen LogP contribution is -2.52. The van der Waals surface area contributed by atoms with Crippen molar-refractivity contribution in [2.45, 2.75) is 40.2 Å². The van der Waals surface area contributed by atoms with E-state index in [-0.39, 0.29) is 0 Å². The molecule has 0 aromatic heterocycles. The lowest BCUT2D eigenvalue weighted by atomic mass is 9.76. The summed E-state index contributed by atoms with van der Waals surface area (Å²) in [7, 11) is 0. The third kappa shape index (κ3) is 3.23. The van der Waals surface area contributed by atoms with Gasteiger partial charge in [-0.05, 0) is 20.8 Å². The number of carbonyl (C=O) groups is 1. The molecule has 1 amide bonds. The van der Waals surface area contributed by atoms with E-state index in [9.17, 15) is 14.3 Å². The zero-order valence-electron chi connectivity index (χ0n) is 9.39. The zero-order valence-corrected chi connectivity index (χ0v) is 9.39. The third-order valence-corrected chi connectivity index (χ3v) is 2.28. The van der Waals surface area contributed by atoms with E-state index in [1.165, 1.54) is 26.3 Å². The number of hydrogen-bond donors (Lipinski definition) is 3. The van der Waals surface area contributed by atoms with Crippen LogP contribution in [-0.4, -0.2) is 28.5 Å². The van der Waals surface area contributed by atoms with Crippen LogP contribution >= 0.6 is 0 Å². The maximum Gasteiger partial charge on any atom is 0.251 e. The standard InChI is InChI=1S/C7H14FNO3.C2H6/c1-6(2,5(10)9-12)7(3,11)4-8;1-2/h11-12H,4H2,1-3H3,(H,9,10);1-2H3. The van der Waals surface area contributed by atoms with Gasteiger partial charge in [-0.3, -0.25) is 10.0 Å². The molecule has 0 rings (SSSR count). The molecule has 0 saturated carbocycles. The topological polar surface area (TPSA) is 69.6 Å². The van der Waals surface area contributed by atoms with Crippen LogP contribution in [0.2, 0.25) is 0 Å². The normalized spacial score (nSPS) is 14.9. The molecular weight excluding hydrogens is 189 g/mol. The van der Waals surface area contributed by atoms with Gasteiger partial charge >= 0.3 is 0 Å². The van der Waals surface area contributed by atoms with E-state index in [2.05, 4.69) is 0 Å². The first-order chi connectivity index (χ1) is 6.29. The van der Waals surface area contributed by atoms with Crippen molar-refractivity contribution in [2.75, 3.05) is 6.67 Å². The fourth-order valence-electron chi connectivity index (χ4n) is 0.551. The minimum atomic E-state index is -1.78. The van der Waals surface area contributed by atoms with Gasteiger partial charge < -0.3 is 5.11 Å². The van der Waals surface area contributed by atoms with Crippen molar-refractivity contribution in [3.8, 4) is 0 Å². The van der Waals surface area contributed by atoms with Gasteiger partial charge in [0.1, 0.15) is 12.3 Å². The molecule has 14 heavy (non-hydrogen) atoms. The number of aliphatic hydroxyl groups is 1. The minimum absolute atomic E-state index is 0.815. The molecule has 3 N–H and O–H groups in total. The average molecular weight is 209 g/mol. The van der Waals surface area contributed by atoms with Gasteiger partial charge in [0.25, 0.3) is 5.91 Å². The van der Waals surface area contributed by atoms with E-state index in [1.54, 1.807) is 0 Å². The first-order valence-electron chi connectivity index (χ1n) is 4.52. The number of nitrogens with one attached hydrogen (secondary N) is 1. The van der Waals surface area contributed by atoms with Crippen molar-refractivity contribution < 1.29 is 19.5 Å². The van der Waals surface area contributed by atoms with E-state index < -0.39 is 23.6 Å². The van der Waals surface area contributed by atoms with Gasteiger partial charge in [-0.1, -0.05) is 13.8 Å². The fourth-order valence-corrected chi connectivity index (χ4v) is 0.551. The summed E-state index contributed by atoms with van der Waals surface area (Å²) in [6, 6.07) is 0. The highest BCUT2D eigenvalue weighted by atomic mass is 19.1. The van der Waals surface area contributed by atoms with Gasteiger partial charge in [0, 0.05) is 0 Å². The average Bonchev–Trinajstić information content (AvgIpc) is 2.19. The maximum atomic E-state index is 12.3. The van der Waals surface area contributed by atoms with Crippen LogP contribution in [-0.2, 0) is 4.79 Å². The second-order valence-corrected chi connectivity index (χ2v) is 3.47. The van der Waals surface area contributed by atoms with Crippen LogP contribution < -0.4 is 5.48 Å². The maximum absolute atomic E-state index is 12.3. The molecule has 0 bridgehead atoms. The number of halogens is 1. The van der Waals surface area contributed by atoms with Crippen LogP contribution in [0.3, 0.4) is 0 Å². The number of rotatable bonds is 3. The summed E-state index contributed by atoms with van der Waals surface area (Å²) in [5.41, 5.74) is -1.76. The molecule has 5 heteroatoms.